The first-order valence-corrected chi connectivity index (χ1v) is 19.2. The molecule has 146 valence electrons. The zero-order valence-corrected chi connectivity index (χ0v) is 25.3. The molecular formula is C25H33KSi3. The van der Waals surface area contributed by atoms with Gasteiger partial charge in [0.05, 0.1) is 0 Å². The second-order valence-electron chi connectivity index (χ2n) is 9.35. The zero-order chi connectivity index (χ0) is 20.4. The largest absolute Gasteiger partial charge is 1.00 e. The van der Waals surface area contributed by atoms with Crippen LogP contribution in [0.2, 0.25) is 39.3 Å². The zero-order valence-electron chi connectivity index (χ0n) is 19.2. The molecule has 0 aliphatic carbocycles. The third-order valence-electron chi connectivity index (χ3n) is 6.36. The molecule has 0 spiro atoms. The molecule has 0 saturated carbocycles. The van der Waals surface area contributed by atoms with Gasteiger partial charge in [-0.15, -0.1) is 0 Å². The molecule has 0 fully saturated rings. The molecular weight excluding hydrogens is 424 g/mol. The quantitative estimate of drug-likeness (QED) is 0.393. The van der Waals surface area contributed by atoms with Crippen molar-refractivity contribution in [2.45, 2.75) is 39.3 Å². The van der Waals surface area contributed by atoms with Gasteiger partial charge in [0.25, 0.3) is 0 Å². The summed E-state index contributed by atoms with van der Waals surface area (Å²) in [5.41, 5.74) is 0. The molecule has 0 aromatic heterocycles. The Hall–Kier alpha value is -0.0530. The van der Waals surface area contributed by atoms with Gasteiger partial charge in [-0.25, -0.2) is 0 Å². The number of hydrogen-bond donors (Lipinski definition) is 0. The van der Waals surface area contributed by atoms with E-state index < -0.39 is 24.2 Å². The molecule has 0 radical (unpaired) electrons. The minimum Gasteiger partial charge on any atom is -0.298 e. The molecule has 0 bridgehead atoms. The van der Waals surface area contributed by atoms with Crippen molar-refractivity contribution in [1.29, 1.82) is 0 Å². The molecule has 0 saturated heterocycles. The summed E-state index contributed by atoms with van der Waals surface area (Å²) in [6.07, 6.45) is 0. The van der Waals surface area contributed by atoms with Crippen LogP contribution in [0.5, 0.6) is 0 Å². The average molecular weight is 457 g/mol. The van der Waals surface area contributed by atoms with Gasteiger partial charge < -0.3 is 0 Å². The minimum absolute atomic E-state index is 0. The first-order chi connectivity index (χ1) is 13.2. The number of hydrogen-bond acceptors (Lipinski definition) is 0. The Balaban J connectivity index is 0.00000300. The maximum atomic E-state index is 2.59. The Bertz CT molecular complexity index is 769. The maximum absolute atomic E-state index is 2.59. The van der Waals surface area contributed by atoms with Crippen LogP contribution < -0.4 is 66.9 Å². The second kappa shape index (κ2) is 10.0. The molecule has 0 unspecified atom stereocenters. The SMILES string of the molecule is C[Si](C)(c1ccccc1)[C-]([Si](C)(C)c1ccccc1)[Si](C)(C)c1ccccc1.[K+]. The van der Waals surface area contributed by atoms with E-state index in [1.54, 1.807) is 15.6 Å². The van der Waals surface area contributed by atoms with E-state index in [2.05, 4.69) is 130 Å². The van der Waals surface area contributed by atoms with E-state index in [0.29, 0.717) is 0 Å². The molecule has 0 amide bonds. The van der Waals surface area contributed by atoms with Gasteiger partial charge in [-0.2, -0.15) is 0 Å². The molecule has 0 heterocycles. The van der Waals surface area contributed by atoms with Gasteiger partial charge in [-0.1, -0.05) is 170 Å². The molecule has 29 heavy (non-hydrogen) atoms. The predicted molar refractivity (Wildman–Crippen MR) is 134 cm³/mol. The van der Waals surface area contributed by atoms with Crippen LogP contribution in [0, 0.1) is 4.79 Å². The first kappa shape index (κ1) is 25.2. The van der Waals surface area contributed by atoms with Crippen molar-refractivity contribution in [1.82, 2.24) is 0 Å². The van der Waals surface area contributed by atoms with E-state index in [4.69, 9.17) is 0 Å². The normalized spacial score (nSPS) is 12.5. The first-order valence-electron chi connectivity index (χ1n) is 10.2. The van der Waals surface area contributed by atoms with Gasteiger partial charge in [0.15, 0.2) is 0 Å². The van der Waals surface area contributed by atoms with Crippen LogP contribution in [0.15, 0.2) is 91.0 Å². The van der Waals surface area contributed by atoms with Crippen molar-refractivity contribution < 1.29 is 51.4 Å². The van der Waals surface area contributed by atoms with Crippen LogP contribution in [0.3, 0.4) is 0 Å². The summed E-state index contributed by atoms with van der Waals surface area (Å²) in [5, 5.41) is 4.70. The van der Waals surface area contributed by atoms with E-state index >= 15 is 0 Å². The van der Waals surface area contributed by atoms with Gasteiger partial charge >= 0.3 is 51.4 Å². The summed E-state index contributed by atoms with van der Waals surface area (Å²) in [4.78, 5) is 1.94. The van der Waals surface area contributed by atoms with E-state index in [0.717, 1.165) is 0 Å². The van der Waals surface area contributed by atoms with Crippen LogP contribution in [-0.2, 0) is 0 Å². The Kier molecular flexibility index (Phi) is 8.73. The Morgan fingerprint density at radius 2 is 0.621 bits per heavy atom. The predicted octanol–water partition coefficient (Wildman–Crippen LogP) is 2.03. The summed E-state index contributed by atoms with van der Waals surface area (Å²) in [7, 11) is -5.42. The van der Waals surface area contributed by atoms with Crippen LogP contribution in [0.1, 0.15) is 0 Å². The molecule has 4 heteroatoms. The van der Waals surface area contributed by atoms with E-state index in [9.17, 15) is 0 Å². The molecule has 0 N–H and O–H groups in total. The molecule has 3 rings (SSSR count). The van der Waals surface area contributed by atoms with Crippen LogP contribution in [-0.4, -0.2) is 24.2 Å². The van der Waals surface area contributed by atoms with Gasteiger partial charge in [0.1, 0.15) is 0 Å². The standard InChI is InChI=1S/C25H33Si3.K/c1-26(2,22-16-10-7-11-17-22)25(27(3,4)23-18-12-8-13-19-23)28(5,6)24-20-14-9-15-21-24;/h7-21H,1-6H3;/q-1;+1. The van der Waals surface area contributed by atoms with Gasteiger partial charge in [0, 0.05) is 0 Å². The Morgan fingerprint density at radius 3 is 0.828 bits per heavy atom. The second-order valence-corrected chi connectivity index (χ2v) is 23.8. The average Bonchev–Trinajstić information content (AvgIpc) is 2.69. The van der Waals surface area contributed by atoms with Crippen LogP contribution in [0.25, 0.3) is 0 Å². The van der Waals surface area contributed by atoms with Crippen molar-refractivity contribution in [3.05, 3.63) is 95.8 Å². The Morgan fingerprint density at radius 1 is 0.414 bits per heavy atom. The van der Waals surface area contributed by atoms with Crippen molar-refractivity contribution in [2.75, 3.05) is 0 Å². The van der Waals surface area contributed by atoms with Crippen LogP contribution in [0.4, 0.5) is 0 Å². The fraction of sp³-hybridized carbons (Fsp3) is 0.240. The molecule has 0 aliphatic rings. The third-order valence-corrected chi connectivity index (χ3v) is 26.7. The summed E-state index contributed by atoms with van der Waals surface area (Å²) in [6, 6.07) is 34.0. The van der Waals surface area contributed by atoms with E-state index in [1.807, 2.05) is 4.79 Å². The van der Waals surface area contributed by atoms with E-state index in [-0.39, 0.29) is 51.4 Å². The number of rotatable bonds is 6. The Labute approximate surface area is 223 Å². The summed E-state index contributed by atoms with van der Waals surface area (Å²) < 4.78 is 0. The molecule has 0 nitrogen and oxygen atoms in total. The minimum atomic E-state index is -1.81. The van der Waals surface area contributed by atoms with Crippen molar-refractivity contribution >= 4 is 39.8 Å². The third kappa shape index (κ3) is 5.24. The van der Waals surface area contributed by atoms with Crippen molar-refractivity contribution in [2.24, 2.45) is 0 Å². The fourth-order valence-electron chi connectivity index (χ4n) is 5.34. The van der Waals surface area contributed by atoms with Crippen molar-refractivity contribution in [3.8, 4) is 0 Å². The molecule has 3 aromatic rings. The monoisotopic (exact) mass is 456 g/mol. The van der Waals surface area contributed by atoms with E-state index in [1.165, 1.54) is 0 Å². The van der Waals surface area contributed by atoms with Gasteiger partial charge in [0.2, 0.25) is 0 Å². The number of benzene rings is 3. The van der Waals surface area contributed by atoms with Gasteiger partial charge in [-0.05, 0) is 0 Å². The fourth-order valence-corrected chi connectivity index (χ4v) is 30.6. The molecule has 3 aromatic carbocycles. The topological polar surface area (TPSA) is 0 Å². The summed E-state index contributed by atoms with van der Waals surface area (Å²) >= 11 is 0. The molecule has 0 aliphatic heterocycles. The summed E-state index contributed by atoms with van der Waals surface area (Å²) in [6.45, 7) is 15.5. The van der Waals surface area contributed by atoms with Gasteiger partial charge in [-0.3, -0.25) is 4.79 Å². The molecule has 0 atom stereocenters. The summed E-state index contributed by atoms with van der Waals surface area (Å²) in [5.74, 6) is 0. The van der Waals surface area contributed by atoms with Crippen LogP contribution >= 0.6 is 0 Å². The van der Waals surface area contributed by atoms with Crippen molar-refractivity contribution in [3.63, 3.8) is 0 Å². The maximum Gasteiger partial charge on any atom is 1.00 e. The smallest absolute Gasteiger partial charge is 0.298 e.